The van der Waals surface area contributed by atoms with Gasteiger partial charge in [0.25, 0.3) is 0 Å². The van der Waals surface area contributed by atoms with Crippen molar-refractivity contribution in [1.29, 1.82) is 0 Å². The van der Waals surface area contributed by atoms with Crippen molar-refractivity contribution in [3.63, 3.8) is 0 Å². The van der Waals surface area contributed by atoms with Gasteiger partial charge in [-0.3, -0.25) is 4.79 Å². The van der Waals surface area contributed by atoms with Gasteiger partial charge in [0.05, 0.1) is 11.4 Å². The molecule has 3 rings (SSSR count). The maximum atomic E-state index is 12.3. The van der Waals surface area contributed by atoms with Crippen molar-refractivity contribution in [2.45, 2.75) is 38.6 Å². The summed E-state index contributed by atoms with van der Waals surface area (Å²) in [6, 6.07) is 8.91. The average molecular weight is 466 g/mol. The molecule has 0 spiro atoms. The molecule has 0 saturated heterocycles. The lowest BCUT2D eigenvalue weighted by molar-refractivity contribution is -0.113. The lowest BCUT2D eigenvalue weighted by Gasteiger charge is -2.16. The monoisotopic (exact) mass is 465 g/mol. The van der Waals surface area contributed by atoms with E-state index < -0.39 is 0 Å². The molecule has 0 saturated carbocycles. The number of rotatable bonds is 8. The fraction of sp³-hybridized carbons (Fsp3) is 0.300. The van der Waals surface area contributed by atoms with Crippen LogP contribution in [0, 0.1) is 6.92 Å². The first kappa shape index (κ1) is 22.4. The molecule has 1 N–H and O–H groups in total. The van der Waals surface area contributed by atoms with E-state index in [9.17, 15) is 4.79 Å². The van der Waals surface area contributed by atoms with Gasteiger partial charge in [0.1, 0.15) is 5.75 Å². The first-order chi connectivity index (χ1) is 14.4. The first-order valence-corrected chi connectivity index (χ1v) is 11.0. The number of benzene rings is 1. The molecule has 0 radical (unpaired) electrons. The number of pyridine rings is 1. The van der Waals surface area contributed by atoms with Crippen molar-refractivity contribution >= 4 is 46.6 Å². The van der Waals surface area contributed by atoms with Gasteiger partial charge in [0.15, 0.2) is 22.2 Å². The fourth-order valence-electron chi connectivity index (χ4n) is 2.75. The summed E-state index contributed by atoms with van der Waals surface area (Å²) >= 11 is 13.3. The molecule has 3 aromatic rings. The van der Waals surface area contributed by atoms with E-state index >= 15 is 0 Å². The Kier molecular flexibility index (Phi) is 7.58. The number of halogens is 2. The average Bonchev–Trinajstić information content (AvgIpc) is 3.14. The Balaban J connectivity index is 1.65. The first-order valence-electron chi connectivity index (χ1n) is 9.28. The van der Waals surface area contributed by atoms with Gasteiger partial charge in [-0.25, -0.2) is 4.98 Å². The molecule has 30 heavy (non-hydrogen) atoms. The number of aromatic nitrogens is 4. The van der Waals surface area contributed by atoms with Crippen LogP contribution in [0.2, 0.25) is 10.2 Å². The van der Waals surface area contributed by atoms with Crippen LogP contribution in [0.1, 0.15) is 31.3 Å². The third-order valence-electron chi connectivity index (χ3n) is 4.23. The molecule has 7 nitrogen and oxygen atoms in total. The second-order valence-electron chi connectivity index (χ2n) is 6.43. The number of carbonyl (C=O) groups is 1. The molecule has 0 fully saturated rings. The predicted octanol–water partition coefficient (Wildman–Crippen LogP) is 5.18. The number of hydrogen-bond acceptors (Lipinski definition) is 6. The number of amides is 1. The molecule has 1 atom stereocenters. The van der Waals surface area contributed by atoms with E-state index in [0.29, 0.717) is 34.0 Å². The van der Waals surface area contributed by atoms with Crippen LogP contribution in [0.15, 0.2) is 41.7 Å². The van der Waals surface area contributed by atoms with Gasteiger partial charge in [-0.1, -0.05) is 35.0 Å². The third-order valence-corrected chi connectivity index (χ3v) is 5.93. The van der Waals surface area contributed by atoms with Crippen LogP contribution in [0.5, 0.6) is 5.75 Å². The molecule has 1 unspecified atom stereocenters. The topological polar surface area (TPSA) is 81.9 Å². The summed E-state index contributed by atoms with van der Waals surface area (Å²) < 4.78 is 7.95. The van der Waals surface area contributed by atoms with Crippen molar-refractivity contribution in [2.75, 3.05) is 11.1 Å². The summed E-state index contributed by atoms with van der Waals surface area (Å²) in [5, 5.41) is 12.8. The molecule has 0 aliphatic heterocycles. The highest BCUT2D eigenvalue weighted by atomic mass is 35.5. The number of carbonyl (C=O) groups excluding carboxylic acids is 1. The highest BCUT2D eigenvalue weighted by Gasteiger charge is 2.20. The Bertz CT molecular complexity index is 1040. The molecule has 1 amide bonds. The zero-order chi connectivity index (χ0) is 21.7. The SMILES string of the molecule is CCn1c(SCC(=O)Nc2cccnc2Cl)nnc1C(C)Oc1ccc(Cl)c(C)c1. The minimum atomic E-state index is -0.324. The van der Waals surface area contributed by atoms with E-state index in [2.05, 4.69) is 20.5 Å². The second kappa shape index (κ2) is 10.1. The van der Waals surface area contributed by atoms with Crippen LogP contribution in [0.4, 0.5) is 5.69 Å². The fourth-order valence-corrected chi connectivity index (χ4v) is 3.84. The predicted molar refractivity (Wildman–Crippen MR) is 120 cm³/mol. The number of aryl methyl sites for hydroxylation is 1. The Labute approximate surface area is 189 Å². The maximum Gasteiger partial charge on any atom is 0.234 e. The molecule has 1 aromatic carbocycles. The molecule has 2 aromatic heterocycles. The van der Waals surface area contributed by atoms with Crippen LogP contribution < -0.4 is 10.1 Å². The van der Waals surface area contributed by atoms with Crippen LogP contribution in [-0.2, 0) is 11.3 Å². The number of anilines is 1. The zero-order valence-corrected chi connectivity index (χ0v) is 19.1. The summed E-state index contributed by atoms with van der Waals surface area (Å²) in [7, 11) is 0. The van der Waals surface area contributed by atoms with Gasteiger partial charge in [-0.05, 0) is 56.7 Å². The Hall–Kier alpha value is -2.29. The lowest BCUT2D eigenvalue weighted by Crippen LogP contribution is -2.16. The van der Waals surface area contributed by atoms with Crippen molar-refractivity contribution in [3.8, 4) is 5.75 Å². The number of thioether (sulfide) groups is 1. The third kappa shape index (κ3) is 5.44. The van der Waals surface area contributed by atoms with Crippen LogP contribution >= 0.6 is 35.0 Å². The zero-order valence-electron chi connectivity index (χ0n) is 16.7. The minimum absolute atomic E-state index is 0.162. The standard InChI is InChI=1S/C20H21Cl2N5O2S/c1-4-27-19(13(3)29-14-7-8-15(21)12(2)10-14)25-26-20(27)30-11-17(28)24-16-6-5-9-23-18(16)22/h5-10,13H,4,11H2,1-3H3,(H,24,28). The van der Waals surface area contributed by atoms with Crippen molar-refractivity contribution in [1.82, 2.24) is 19.7 Å². The van der Waals surface area contributed by atoms with E-state index in [1.165, 1.54) is 11.8 Å². The lowest BCUT2D eigenvalue weighted by atomic mass is 10.2. The second-order valence-corrected chi connectivity index (χ2v) is 8.14. The summed E-state index contributed by atoms with van der Waals surface area (Å²) in [6.45, 7) is 6.47. The Morgan fingerprint density at radius 2 is 2.10 bits per heavy atom. The molecule has 2 heterocycles. The van der Waals surface area contributed by atoms with Crippen LogP contribution in [0.25, 0.3) is 0 Å². The quantitative estimate of drug-likeness (QED) is 0.364. The summed E-state index contributed by atoms with van der Waals surface area (Å²) in [6.07, 6.45) is 1.24. The van der Waals surface area contributed by atoms with Gasteiger partial charge in [-0.2, -0.15) is 0 Å². The molecule has 0 aliphatic rings. The van der Waals surface area contributed by atoms with Crippen LogP contribution in [-0.4, -0.2) is 31.4 Å². The number of hydrogen-bond donors (Lipinski definition) is 1. The highest BCUT2D eigenvalue weighted by Crippen LogP contribution is 2.27. The molecule has 0 bridgehead atoms. The maximum absolute atomic E-state index is 12.3. The van der Waals surface area contributed by atoms with E-state index in [1.807, 2.05) is 37.5 Å². The van der Waals surface area contributed by atoms with Gasteiger partial charge >= 0.3 is 0 Å². The van der Waals surface area contributed by atoms with E-state index in [0.717, 1.165) is 5.56 Å². The summed E-state index contributed by atoms with van der Waals surface area (Å²) in [5.41, 5.74) is 1.41. The summed E-state index contributed by atoms with van der Waals surface area (Å²) in [5.74, 6) is 1.35. The molecular weight excluding hydrogens is 445 g/mol. The van der Waals surface area contributed by atoms with Gasteiger partial charge in [0.2, 0.25) is 5.91 Å². The number of ether oxygens (including phenoxy) is 1. The Morgan fingerprint density at radius 1 is 1.30 bits per heavy atom. The number of nitrogens with zero attached hydrogens (tertiary/aromatic N) is 4. The smallest absolute Gasteiger partial charge is 0.234 e. The minimum Gasteiger partial charge on any atom is -0.483 e. The molecular formula is C20H21Cl2N5O2S. The van der Waals surface area contributed by atoms with Crippen LogP contribution in [0.3, 0.4) is 0 Å². The molecule has 158 valence electrons. The number of nitrogens with one attached hydrogen (secondary N) is 1. The van der Waals surface area contributed by atoms with E-state index in [-0.39, 0.29) is 22.9 Å². The van der Waals surface area contributed by atoms with E-state index in [4.69, 9.17) is 27.9 Å². The molecule has 0 aliphatic carbocycles. The van der Waals surface area contributed by atoms with Gasteiger partial charge in [-0.15, -0.1) is 10.2 Å². The molecule has 10 heteroatoms. The Morgan fingerprint density at radius 3 is 2.80 bits per heavy atom. The normalized spacial score (nSPS) is 11.9. The largest absolute Gasteiger partial charge is 0.483 e. The van der Waals surface area contributed by atoms with E-state index in [1.54, 1.807) is 24.4 Å². The van der Waals surface area contributed by atoms with Crippen molar-refractivity contribution in [3.05, 3.63) is 58.1 Å². The summed E-state index contributed by atoms with van der Waals surface area (Å²) in [4.78, 5) is 16.2. The van der Waals surface area contributed by atoms with Crippen molar-refractivity contribution in [2.24, 2.45) is 0 Å². The highest BCUT2D eigenvalue weighted by molar-refractivity contribution is 7.99. The van der Waals surface area contributed by atoms with Gasteiger partial charge < -0.3 is 14.6 Å². The van der Waals surface area contributed by atoms with Gasteiger partial charge in [0, 0.05) is 17.8 Å². The van der Waals surface area contributed by atoms with Crippen molar-refractivity contribution < 1.29 is 9.53 Å².